The number of non-ortho nitro benzene ring substituents is 1. The van der Waals surface area contributed by atoms with Crippen LogP contribution in [0.5, 0.6) is 0 Å². The molecule has 0 atom stereocenters. The van der Waals surface area contributed by atoms with Gasteiger partial charge in [0.05, 0.1) is 10.6 Å². The van der Waals surface area contributed by atoms with Crippen molar-refractivity contribution in [2.24, 2.45) is 0 Å². The van der Waals surface area contributed by atoms with Crippen LogP contribution in [0.3, 0.4) is 0 Å². The largest absolute Gasteiger partial charge is 0.300 e. The van der Waals surface area contributed by atoms with Crippen LogP contribution in [0.15, 0.2) is 48.7 Å². The highest BCUT2D eigenvalue weighted by molar-refractivity contribution is 8.93. The summed E-state index contributed by atoms with van der Waals surface area (Å²) in [5, 5.41) is 10.5. The standard InChI is InChI=1S/C11H10N4O2.BrH/c16-15(17)10-6-4-9(5-7-10)13-14-11-3-1-2-8-12-11;/h1-8,13H,(H,12,14);1H. The summed E-state index contributed by atoms with van der Waals surface area (Å²) in [4.78, 5) is 14.1. The number of halogens is 1. The number of hydrogen-bond acceptors (Lipinski definition) is 5. The quantitative estimate of drug-likeness (QED) is 0.670. The fourth-order valence-corrected chi connectivity index (χ4v) is 1.24. The van der Waals surface area contributed by atoms with Crippen molar-refractivity contribution in [1.82, 2.24) is 4.98 Å². The van der Waals surface area contributed by atoms with Crippen LogP contribution in [0.2, 0.25) is 0 Å². The van der Waals surface area contributed by atoms with E-state index in [-0.39, 0.29) is 22.7 Å². The Balaban J connectivity index is 0.00000162. The topological polar surface area (TPSA) is 80.1 Å². The molecule has 6 nitrogen and oxygen atoms in total. The molecule has 0 aliphatic carbocycles. The number of hydrazine groups is 1. The normalized spacial score (nSPS) is 9.11. The molecule has 2 rings (SSSR count). The molecule has 2 aromatic rings. The monoisotopic (exact) mass is 310 g/mol. The van der Waals surface area contributed by atoms with Gasteiger partial charge in [0.1, 0.15) is 5.82 Å². The molecule has 0 unspecified atom stereocenters. The Bertz CT molecular complexity index is 504. The number of nitrogens with one attached hydrogen (secondary N) is 2. The Morgan fingerprint density at radius 1 is 1.06 bits per heavy atom. The lowest BCUT2D eigenvalue weighted by Gasteiger charge is -2.07. The van der Waals surface area contributed by atoms with Crippen LogP contribution in [0.4, 0.5) is 17.2 Å². The summed E-state index contributed by atoms with van der Waals surface area (Å²) >= 11 is 0. The molecule has 0 saturated carbocycles. The van der Waals surface area contributed by atoms with E-state index in [2.05, 4.69) is 15.8 Å². The minimum absolute atomic E-state index is 0. The van der Waals surface area contributed by atoms with Crippen LogP contribution in [-0.4, -0.2) is 9.91 Å². The second-order valence-corrected chi connectivity index (χ2v) is 3.27. The van der Waals surface area contributed by atoms with E-state index >= 15 is 0 Å². The van der Waals surface area contributed by atoms with E-state index in [1.165, 1.54) is 12.1 Å². The summed E-state index contributed by atoms with van der Waals surface area (Å²) in [5.41, 5.74) is 6.56. The van der Waals surface area contributed by atoms with Gasteiger partial charge < -0.3 is 0 Å². The predicted octanol–water partition coefficient (Wildman–Crippen LogP) is 3.01. The van der Waals surface area contributed by atoms with Crippen molar-refractivity contribution >= 4 is 34.2 Å². The van der Waals surface area contributed by atoms with Gasteiger partial charge in [-0.25, -0.2) is 4.98 Å². The maximum Gasteiger partial charge on any atom is 0.269 e. The van der Waals surface area contributed by atoms with Crippen molar-refractivity contribution < 1.29 is 4.92 Å². The zero-order valence-corrected chi connectivity index (χ0v) is 11.0. The summed E-state index contributed by atoms with van der Waals surface area (Å²) in [6.07, 6.45) is 1.67. The first-order valence-corrected chi connectivity index (χ1v) is 4.93. The van der Waals surface area contributed by atoms with Crippen LogP contribution in [0, 0.1) is 10.1 Å². The average Bonchev–Trinajstić information content (AvgIpc) is 2.38. The highest BCUT2D eigenvalue weighted by Gasteiger charge is 2.03. The maximum absolute atomic E-state index is 10.5. The summed E-state index contributed by atoms with van der Waals surface area (Å²) < 4.78 is 0. The van der Waals surface area contributed by atoms with Gasteiger partial charge in [-0.1, -0.05) is 6.07 Å². The van der Waals surface area contributed by atoms with Gasteiger partial charge in [0, 0.05) is 18.3 Å². The molecule has 0 spiro atoms. The van der Waals surface area contributed by atoms with Crippen LogP contribution in [0.25, 0.3) is 0 Å². The Labute approximate surface area is 114 Å². The minimum atomic E-state index is -0.435. The smallest absolute Gasteiger partial charge is 0.269 e. The molecular formula is C11H11BrN4O2. The first-order chi connectivity index (χ1) is 8.25. The zero-order chi connectivity index (χ0) is 12.1. The van der Waals surface area contributed by atoms with Gasteiger partial charge in [0.15, 0.2) is 0 Å². The summed E-state index contributed by atoms with van der Waals surface area (Å²) in [6, 6.07) is 11.6. The highest BCUT2D eigenvalue weighted by Crippen LogP contribution is 2.15. The van der Waals surface area contributed by atoms with E-state index in [4.69, 9.17) is 0 Å². The number of nitro benzene ring substituents is 1. The molecule has 1 heterocycles. The lowest BCUT2D eigenvalue weighted by Crippen LogP contribution is -2.09. The van der Waals surface area contributed by atoms with Gasteiger partial charge >= 0.3 is 0 Å². The van der Waals surface area contributed by atoms with Crippen molar-refractivity contribution in [2.75, 3.05) is 10.9 Å². The lowest BCUT2D eigenvalue weighted by atomic mass is 10.3. The number of pyridine rings is 1. The Morgan fingerprint density at radius 3 is 2.33 bits per heavy atom. The van der Waals surface area contributed by atoms with E-state index in [1.54, 1.807) is 24.4 Å². The second-order valence-electron chi connectivity index (χ2n) is 3.27. The van der Waals surface area contributed by atoms with E-state index in [0.29, 0.717) is 5.82 Å². The molecule has 0 saturated heterocycles. The molecule has 1 aromatic carbocycles. The fraction of sp³-hybridized carbons (Fsp3) is 0. The number of rotatable bonds is 4. The SMILES string of the molecule is Br.O=[N+]([O-])c1ccc(NNc2ccccn2)cc1. The average molecular weight is 311 g/mol. The van der Waals surface area contributed by atoms with Gasteiger partial charge in [-0.2, -0.15) is 0 Å². The number of nitrogens with zero attached hydrogens (tertiary/aromatic N) is 2. The Kier molecular flexibility index (Phi) is 5.06. The molecule has 0 aliphatic heterocycles. The van der Waals surface area contributed by atoms with E-state index in [9.17, 15) is 10.1 Å². The third kappa shape index (κ3) is 3.70. The van der Waals surface area contributed by atoms with Crippen LogP contribution in [0.1, 0.15) is 0 Å². The van der Waals surface area contributed by atoms with Gasteiger partial charge in [-0.3, -0.25) is 21.0 Å². The Hall–Kier alpha value is -2.15. The molecule has 0 bridgehead atoms. The fourth-order valence-electron chi connectivity index (χ4n) is 1.24. The molecule has 0 amide bonds. The van der Waals surface area contributed by atoms with Gasteiger partial charge in [-0.15, -0.1) is 17.0 Å². The minimum Gasteiger partial charge on any atom is -0.300 e. The third-order valence-electron chi connectivity index (χ3n) is 2.08. The molecule has 18 heavy (non-hydrogen) atoms. The summed E-state index contributed by atoms with van der Waals surface area (Å²) in [6.45, 7) is 0. The van der Waals surface area contributed by atoms with Crippen molar-refractivity contribution in [2.45, 2.75) is 0 Å². The number of benzene rings is 1. The highest BCUT2D eigenvalue weighted by atomic mass is 79.9. The second kappa shape index (κ2) is 6.55. The molecule has 94 valence electrons. The lowest BCUT2D eigenvalue weighted by molar-refractivity contribution is -0.384. The number of hydrogen-bond donors (Lipinski definition) is 2. The van der Waals surface area contributed by atoms with Crippen molar-refractivity contribution in [3.63, 3.8) is 0 Å². The van der Waals surface area contributed by atoms with Gasteiger partial charge in [-0.05, 0) is 24.3 Å². The molecule has 2 N–H and O–H groups in total. The van der Waals surface area contributed by atoms with Crippen molar-refractivity contribution in [3.05, 3.63) is 58.8 Å². The Morgan fingerprint density at radius 2 is 1.78 bits per heavy atom. The predicted molar refractivity (Wildman–Crippen MR) is 74.9 cm³/mol. The number of aromatic nitrogens is 1. The number of nitro groups is 1. The maximum atomic E-state index is 10.5. The molecular weight excluding hydrogens is 300 g/mol. The van der Waals surface area contributed by atoms with Crippen molar-refractivity contribution in [3.8, 4) is 0 Å². The third-order valence-corrected chi connectivity index (χ3v) is 2.08. The van der Waals surface area contributed by atoms with Crippen LogP contribution < -0.4 is 10.9 Å². The summed E-state index contributed by atoms with van der Waals surface area (Å²) in [5.74, 6) is 0.672. The molecule has 0 aliphatic rings. The van der Waals surface area contributed by atoms with Gasteiger partial charge in [0.2, 0.25) is 0 Å². The first-order valence-electron chi connectivity index (χ1n) is 4.93. The number of anilines is 2. The van der Waals surface area contributed by atoms with Crippen molar-refractivity contribution in [1.29, 1.82) is 0 Å². The molecule has 1 aromatic heterocycles. The van der Waals surface area contributed by atoms with Crippen LogP contribution >= 0.6 is 17.0 Å². The van der Waals surface area contributed by atoms with Gasteiger partial charge in [0.25, 0.3) is 5.69 Å². The molecule has 7 heteroatoms. The summed E-state index contributed by atoms with van der Waals surface area (Å²) in [7, 11) is 0. The first kappa shape index (κ1) is 13.9. The van der Waals surface area contributed by atoms with Crippen LogP contribution in [-0.2, 0) is 0 Å². The molecule has 0 fully saturated rings. The molecule has 0 radical (unpaired) electrons. The van der Waals surface area contributed by atoms with E-state index in [1.807, 2.05) is 12.1 Å². The van der Waals surface area contributed by atoms with E-state index in [0.717, 1.165) is 5.69 Å². The zero-order valence-electron chi connectivity index (χ0n) is 9.24. The van der Waals surface area contributed by atoms with E-state index < -0.39 is 4.92 Å².